The maximum Gasteiger partial charge on any atom is 0.325 e. The Kier molecular flexibility index (Phi) is 3.89. The number of aromatic nitrogens is 4. The molecule has 2 aromatic heterocycles. The van der Waals surface area contributed by atoms with Crippen molar-refractivity contribution < 1.29 is 14.3 Å². The minimum atomic E-state index is -0.378. The summed E-state index contributed by atoms with van der Waals surface area (Å²) < 4.78 is 11.6. The zero-order chi connectivity index (χ0) is 14.8. The van der Waals surface area contributed by atoms with E-state index in [1.165, 1.54) is 13.4 Å². The van der Waals surface area contributed by atoms with Crippen LogP contribution in [0.4, 0.5) is 5.82 Å². The molecule has 112 valence electrons. The Labute approximate surface area is 125 Å². The Balaban J connectivity index is 2.03. The van der Waals surface area contributed by atoms with Crippen LogP contribution in [0.1, 0.15) is 0 Å². The third-order valence-electron chi connectivity index (χ3n) is 3.26. The molecular weight excluding hydrogens is 298 g/mol. The van der Waals surface area contributed by atoms with Crippen LogP contribution >= 0.6 is 11.6 Å². The minimum Gasteiger partial charge on any atom is -0.468 e. The molecule has 0 bridgehead atoms. The van der Waals surface area contributed by atoms with Crippen LogP contribution in [0, 0.1) is 0 Å². The van der Waals surface area contributed by atoms with E-state index in [9.17, 15) is 4.79 Å². The number of anilines is 1. The number of methoxy groups -OCH3 is 1. The van der Waals surface area contributed by atoms with E-state index in [1.54, 1.807) is 4.57 Å². The minimum absolute atomic E-state index is 0.0306. The molecule has 0 saturated carbocycles. The molecule has 0 atom stereocenters. The molecule has 1 saturated heterocycles. The SMILES string of the molecule is COC(=O)Cn1cnc2c(N3CCOCC3)nc(Cl)nc21. The number of rotatable bonds is 3. The van der Waals surface area contributed by atoms with Crippen LogP contribution in [0.15, 0.2) is 6.33 Å². The van der Waals surface area contributed by atoms with E-state index in [4.69, 9.17) is 16.3 Å². The number of halogens is 1. The summed E-state index contributed by atoms with van der Waals surface area (Å²) in [6.45, 7) is 2.72. The molecule has 0 radical (unpaired) electrons. The number of fused-ring (bicyclic) bond motifs is 1. The predicted octanol–water partition coefficient (Wildman–Crippen LogP) is 0.489. The van der Waals surface area contributed by atoms with E-state index in [0.717, 1.165) is 0 Å². The molecule has 0 aromatic carbocycles. The lowest BCUT2D eigenvalue weighted by Gasteiger charge is -2.27. The molecule has 0 spiro atoms. The third-order valence-corrected chi connectivity index (χ3v) is 3.42. The van der Waals surface area contributed by atoms with Crippen LogP contribution in [0.2, 0.25) is 5.28 Å². The van der Waals surface area contributed by atoms with Gasteiger partial charge in [0.2, 0.25) is 5.28 Å². The van der Waals surface area contributed by atoms with Crippen molar-refractivity contribution in [2.24, 2.45) is 0 Å². The van der Waals surface area contributed by atoms with Crippen molar-refractivity contribution >= 4 is 34.6 Å². The van der Waals surface area contributed by atoms with Gasteiger partial charge in [-0.2, -0.15) is 9.97 Å². The fraction of sp³-hybridized carbons (Fsp3) is 0.500. The summed E-state index contributed by atoms with van der Waals surface area (Å²) in [4.78, 5) is 26.2. The van der Waals surface area contributed by atoms with E-state index in [1.807, 2.05) is 0 Å². The standard InChI is InChI=1S/C12H14ClN5O3/c1-20-8(19)6-18-7-14-9-10(15-12(13)16-11(9)18)17-2-4-21-5-3-17/h7H,2-6H2,1H3. The molecule has 0 unspecified atom stereocenters. The van der Waals surface area contributed by atoms with Gasteiger partial charge in [-0.15, -0.1) is 0 Å². The topological polar surface area (TPSA) is 82.4 Å². The Morgan fingerprint density at radius 2 is 2.19 bits per heavy atom. The van der Waals surface area contributed by atoms with E-state index in [-0.39, 0.29) is 17.8 Å². The second-order valence-electron chi connectivity index (χ2n) is 4.54. The van der Waals surface area contributed by atoms with E-state index in [2.05, 4.69) is 24.6 Å². The first-order valence-corrected chi connectivity index (χ1v) is 6.84. The Morgan fingerprint density at radius 1 is 1.43 bits per heavy atom. The highest BCUT2D eigenvalue weighted by molar-refractivity contribution is 6.28. The summed E-state index contributed by atoms with van der Waals surface area (Å²) in [5, 5.41) is 0.121. The molecule has 1 aliphatic rings. The second kappa shape index (κ2) is 5.82. The lowest BCUT2D eigenvalue weighted by Crippen LogP contribution is -2.37. The first kappa shape index (κ1) is 14.0. The largest absolute Gasteiger partial charge is 0.468 e. The van der Waals surface area contributed by atoms with Crippen LogP contribution < -0.4 is 4.90 Å². The molecule has 3 heterocycles. The van der Waals surface area contributed by atoms with Gasteiger partial charge in [-0.3, -0.25) is 4.79 Å². The molecule has 0 amide bonds. The van der Waals surface area contributed by atoms with Gasteiger partial charge in [0.05, 0.1) is 26.7 Å². The highest BCUT2D eigenvalue weighted by atomic mass is 35.5. The molecule has 8 nitrogen and oxygen atoms in total. The highest BCUT2D eigenvalue weighted by Crippen LogP contribution is 2.25. The number of imidazole rings is 1. The van der Waals surface area contributed by atoms with Gasteiger partial charge in [-0.25, -0.2) is 4.98 Å². The number of ether oxygens (including phenoxy) is 2. The smallest absolute Gasteiger partial charge is 0.325 e. The number of hydrogen-bond donors (Lipinski definition) is 0. The van der Waals surface area contributed by atoms with Crippen molar-refractivity contribution in [3.05, 3.63) is 11.6 Å². The normalized spacial score (nSPS) is 15.4. The zero-order valence-corrected chi connectivity index (χ0v) is 12.2. The molecule has 1 aliphatic heterocycles. The quantitative estimate of drug-likeness (QED) is 0.602. The summed E-state index contributed by atoms with van der Waals surface area (Å²) in [6, 6.07) is 0. The summed E-state index contributed by atoms with van der Waals surface area (Å²) in [7, 11) is 1.34. The van der Waals surface area contributed by atoms with Gasteiger partial charge in [0.25, 0.3) is 0 Å². The first-order valence-electron chi connectivity index (χ1n) is 6.47. The predicted molar refractivity (Wildman–Crippen MR) is 75.4 cm³/mol. The number of nitrogens with zero attached hydrogens (tertiary/aromatic N) is 5. The van der Waals surface area contributed by atoms with E-state index in [0.29, 0.717) is 43.3 Å². The monoisotopic (exact) mass is 311 g/mol. The second-order valence-corrected chi connectivity index (χ2v) is 4.87. The summed E-state index contributed by atoms with van der Waals surface area (Å²) >= 11 is 6.00. The third kappa shape index (κ3) is 2.77. The van der Waals surface area contributed by atoms with E-state index >= 15 is 0 Å². The number of morpholine rings is 1. The zero-order valence-electron chi connectivity index (χ0n) is 11.5. The lowest BCUT2D eigenvalue weighted by molar-refractivity contribution is -0.141. The van der Waals surface area contributed by atoms with Crippen LogP contribution in [0.5, 0.6) is 0 Å². The first-order chi connectivity index (χ1) is 10.2. The van der Waals surface area contributed by atoms with Gasteiger partial charge < -0.3 is 18.9 Å². The summed E-state index contributed by atoms with van der Waals surface area (Å²) in [5.74, 6) is 0.286. The fourth-order valence-corrected chi connectivity index (χ4v) is 2.38. The van der Waals surface area contributed by atoms with Gasteiger partial charge in [0.15, 0.2) is 17.0 Å². The summed E-state index contributed by atoms with van der Waals surface area (Å²) in [6.07, 6.45) is 1.54. The van der Waals surface area contributed by atoms with E-state index < -0.39 is 0 Å². The van der Waals surface area contributed by atoms with Gasteiger partial charge >= 0.3 is 5.97 Å². The average Bonchev–Trinajstić information content (AvgIpc) is 2.90. The van der Waals surface area contributed by atoms with Crippen LogP contribution in [0.25, 0.3) is 11.2 Å². The molecule has 3 rings (SSSR count). The maximum absolute atomic E-state index is 11.4. The molecule has 21 heavy (non-hydrogen) atoms. The molecular formula is C12H14ClN5O3. The van der Waals surface area contributed by atoms with Gasteiger partial charge in [0.1, 0.15) is 6.54 Å². The highest BCUT2D eigenvalue weighted by Gasteiger charge is 2.20. The molecule has 0 aliphatic carbocycles. The number of carbonyl (C=O) groups is 1. The van der Waals surface area contributed by atoms with Crippen molar-refractivity contribution in [3.8, 4) is 0 Å². The van der Waals surface area contributed by atoms with Crippen LogP contribution in [0.3, 0.4) is 0 Å². The van der Waals surface area contributed by atoms with Crippen LogP contribution in [-0.4, -0.2) is 58.9 Å². The Morgan fingerprint density at radius 3 is 2.90 bits per heavy atom. The maximum atomic E-state index is 11.4. The van der Waals surface area contributed by atoms with Crippen molar-refractivity contribution in [1.82, 2.24) is 19.5 Å². The van der Waals surface area contributed by atoms with Gasteiger partial charge in [0, 0.05) is 13.1 Å². The van der Waals surface area contributed by atoms with Gasteiger partial charge in [-0.1, -0.05) is 0 Å². The molecule has 9 heteroatoms. The van der Waals surface area contributed by atoms with Crippen molar-refractivity contribution in [2.75, 3.05) is 38.3 Å². The molecule has 0 N–H and O–H groups in total. The van der Waals surface area contributed by atoms with Crippen LogP contribution in [-0.2, 0) is 20.8 Å². The summed E-state index contributed by atoms with van der Waals surface area (Å²) in [5.41, 5.74) is 1.13. The van der Waals surface area contributed by atoms with Crippen molar-refractivity contribution in [2.45, 2.75) is 6.54 Å². The van der Waals surface area contributed by atoms with Crippen molar-refractivity contribution in [3.63, 3.8) is 0 Å². The van der Waals surface area contributed by atoms with Gasteiger partial charge in [-0.05, 0) is 11.6 Å². The average molecular weight is 312 g/mol. The number of carbonyl (C=O) groups excluding carboxylic acids is 1. The lowest BCUT2D eigenvalue weighted by atomic mass is 10.3. The number of hydrogen-bond acceptors (Lipinski definition) is 7. The number of esters is 1. The molecule has 1 fully saturated rings. The molecule has 2 aromatic rings. The Hall–Kier alpha value is -1.93. The Bertz CT molecular complexity index is 668. The van der Waals surface area contributed by atoms with Crippen molar-refractivity contribution in [1.29, 1.82) is 0 Å². The fourth-order valence-electron chi connectivity index (χ4n) is 2.22.